The number of amides is 3. The third-order valence-electron chi connectivity index (χ3n) is 5.22. The first-order valence-electron chi connectivity index (χ1n) is 10.3. The van der Waals surface area contributed by atoms with Crippen LogP contribution in [0.3, 0.4) is 0 Å². The Morgan fingerprint density at radius 3 is 2.61 bits per heavy atom. The van der Waals surface area contributed by atoms with Gasteiger partial charge in [-0.1, -0.05) is 17.8 Å². The predicted molar refractivity (Wildman–Crippen MR) is 125 cm³/mol. The molecule has 2 N–H and O–H groups in total. The zero-order valence-corrected chi connectivity index (χ0v) is 18.8. The van der Waals surface area contributed by atoms with Gasteiger partial charge in [0.1, 0.15) is 5.25 Å². The Hall–Kier alpha value is -2.65. The average molecular weight is 457 g/mol. The Morgan fingerprint density at radius 2 is 1.94 bits per heavy atom. The summed E-state index contributed by atoms with van der Waals surface area (Å²) in [6.07, 6.45) is 2.30. The number of rotatable bonds is 6. The fraction of sp³-hybridized carbons (Fsp3) is 0.364. The minimum absolute atomic E-state index is 0.0685. The molecule has 2 aliphatic rings. The van der Waals surface area contributed by atoms with Crippen LogP contribution in [0.15, 0.2) is 46.8 Å². The smallest absolute Gasteiger partial charge is 0.262 e. The molecule has 1 aromatic carbocycles. The van der Waals surface area contributed by atoms with Crippen molar-refractivity contribution < 1.29 is 14.4 Å². The maximum Gasteiger partial charge on any atom is 0.262 e. The summed E-state index contributed by atoms with van der Waals surface area (Å²) in [7, 11) is 0. The molecule has 0 aliphatic carbocycles. The van der Waals surface area contributed by atoms with Crippen LogP contribution in [-0.4, -0.2) is 46.1 Å². The van der Waals surface area contributed by atoms with Crippen molar-refractivity contribution in [2.75, 3.05) is 18.4 Å². The zero-order chi connectivity index (χ0) is 21.8. The molecule has 2 atom stereocenters. The van der Waals surface area contributed by atoms with Gasteiger partial charge in [-0.25, -0.2) is 0 Å². The number of nitrogens with one attached hydrogen (secondary N) is 2. The first-order chi connectivity index (χ1) is 15.0. The SMILES string of the molecule is C[C@@H](NC(=O)c1ccc(NC(=O)C[C@H]2SC(N3CCCC3)=NC2=O)cc1)c1cccs1. The van der Waals surface area contributed by atoms with Gasteiger partial charge in [0.15, 0.2) is 5.17 Å². The van der Waals surface area contributed by atoms with Gasteiger partial charge in [-0.05, 0) is 55.5 Å². The summed E-state index contributed by atoms with van der Waals surface area (Å²) < 4.78 is 0. The van der Waals surface area contributed by atoms with E-state index in [0.29, 0.717) is 11.3 Å². The fourth-order valence-corrected chi connectivity index (χ4v) is 5.38. The number of hydrogen-bond donors (Lipinski definition) is 2. The number of anilines is 1. The van der Waals surface area contributed by atoms with Gasteiger partial charge < -0.3 is 15.5 Å². The number of hydrogen-bond acceptors (Lipinski definition) is 6. The van der Waals surface area contributed by atoms with E-state index in [-0.39, 0.29) is 30.2 Å². The minimum Gasteiger partial charge on any atom is -0.351 e. The van der Waals surface area contributed by atoms with Crippen molar-refractivity contribution in [3.05, 3.63) is 52.2 Å². The Bertz CT molecular complexity index is 983. The number of benzene rings is 1. The van der Waals surface area contributed by atoms with E-state index in [1.54, 1.807) is 35.6 Å². The molecule has 1 saturated heterocycles. The lowest BCUT2D eigenvalue weighted by atomic mass is 10.1. The van der Waals surface area contributed by atoms with Gasteiger partial charge in [-0.2, -0.15) is 4.99 Å². The molecule has 162 valence electrons. The molecule has 9 heteroatoms. The van der Waals surface area contributed by atoms with E-state index in [1.807, 2.05) is 24.4 Å². The van der Waals surface area contributed by atoms with Gasteiger partial charge in [0.05, 0.1) is 6.04 Å². The molecule has 1 fully saturated rings. The topological polar surface area (TPSA) is 90.9 Å². The molecule has 2 aliphatic heterocycles. The number of likely N-dealkylation sites (tertiary alicyclic amines) is 1. The highest BCUT2D eigenvalue weighted by Crippen LogP contribution is 2.29. The maximum atomic E-state index is 12.4. The van der Waals surface area contributed by atoms with Crippen LogP contribution in [0.5, 0.6) is 0 Å². The Kier molecular flexibility index (Phi) is 6.72. The van der Waals surface area contributed by atoms with E-state index in [2.05, 4.69) is 20.5 Å². The molecule has 0 radical (unpaired) electrons. The number of thiophene rings is 1. The van der Waals surface area contributed by atoms with Gasteiger partial charge in [-0.15, -0.1) is 11.3 Å². The van der Waals surface area contributed by atoms with Crippen LogP contribution in [0, 0.1) is 0 Å². The molecule has 0 saturated carbocycles. The Balaban J connectivity index is 1.27. The Labute approximate surface area is 189 Å². The van der Waals surface area contributed by atoms with Crippen LogP contribution < -0.4 is 10.6 Å². The minimum atomic E-state index is -0.473. The molecule has 2 aromatic rings. The second kappa shape index (κ2) is 9.65. The van der Waals surface area contributed by atoms with Crippen molar-refractivity contribution in [2.45, 2.75) is 37.5 Å². The molecular weight excluding hydrogens is 432 g/mol. The van der Waals surface area contributed by atoms with Crippen molar-refractivity contribution in [1.82, 2.24) is 10.2 Å². The van der Waals surface area contributed by atoms with Crippen molar-refractivity contribution in [3.8, 4) is 0 Å². The molecule has 4 rings (SSSR count). The molecule has 31 heavy (non-hydrogen) atoms. The predicted octanol–water partition coefficient (Wildman–Crippen LogP) is 3.66. The molecular formula is C22H24N4O3S2. The largest absolute Gasteiger partial charge is 0.351 e. The highest BCUT2D eigenvalue weighted by atomic mass is 32.2. The van der Waals surface area contributed by atoms with Crippen molar-refractivity contribution in [1.29, 1.82) is 0 Å². The van der Waals surface area contributed by atoms with E-state index in [9.17, 15) is 14.4 Å². The highest BCUT2D eigenvalue weighted by molar-refractivity contribution is 8.15. The van der Waals surface area contributed by atoms with Gasteiger partial charge in [0, 0.05) is 35.6 Å². The lowest BCUT2D eigenvalue weighted by molar-refractivity contribution is -0.121. The molecule has 0 unspecified atom stereocenters. The van der Waals surface area contributed by atoms with E-state index in [4.69, 9.17) is 0 Å². The summed E-state index contributed by atoms with van der Waals surface area (Å²) in [4.78, 5) is 44.4. The molecule has 7 nitrogen and oxygen atoms in total. The van der Waals surface area contributed by atoms with Crippen LogP contribution in [0.2, 0.25) is 0 Å². The van der Waals surface area contributed by atoms with Gasteiger partial charge >= 0.3 is 0 Å². The van der Waals surface area contributed by atoms with Gasteiger partial charge in [0.25, 0.3) is 11.8 Å². The summed E-state index contributed by atoms with van der Waals surface area (Å²) in [6, 6.07) is 10.6. The van der Waals surface area contributed by atoms with Crippen LogP contribution in [0.4, 0.5) is 5.69 Å². The van der Waals surface area contributed by atoms with E-state index >= 15 is 0 Å². The standard InChI is InChI=1S/C22H24N4O3S2/c1-14(17-5-4-12-30-17)23-20(28)15-6-8-16(9-7-15)24-19(27)13-18-21(29)25-22(31-18)26-10-2-3-11-26/h4-9,12,14,18H,2-3,10-11,13H2,1H3,(H,23,28)(H,24,27)/t14-,18-/m1/s1. The second-order valence-electron chi connectivity index (χ2n) is 7.57. The lowest BCUT2D eigenvalue weighted by Crippen LogP contribution is -2.26. The third-order valence-corrected chi connectivity index (χ3v) is 7.49. The lowest BCUT2D eigenvalue weighted by Gasteiger charge is -2.16. The van der Waals surface area contributed by atoms with Crippen molar-refractivity contribution in [2.24, 2.45) is 4.99 Å². The quantitative estimate of drug-likeness (QED) is 0.692. The van der Waals surface area contributed by atoms with Crippen molar-refractivity contribution >= 4 is 51.7 Å². The summed E-state index contributed by atoms with van der Waals surface area (Å²) in [5, 5.41) is 8.02. The molecule has 3 heterocycles. The average Bonchev–Trinajstić information content (AvgIpc) is 3.51. The van der Waals surface area contributed by atoms with E-state index < -0.39 is 5.25 Å². The Morgan fingerprint density at radius 1 is 1.19 bits per heavy atom. The highest BCUT2D eigenvalue weighted by Gasteiger charge is 2.33. The number of carbonyl (C=O) groups excluding carboxylic acids is 3. The first-order valence-corrected chi connectivity index (χ1v) is 12.0. The number of aliphatic imine (C=N–C) groups is 1. The maximum absolute atomic E-state index is 12.4. The second-order valence-corrected chi connectivity index (χ2v) is 9.72. The number of nitrogens with zero attached hydrogens (tertiary/aromatic N) is 2. The summed E-state index contributed by atoms with van der Waals surface area (Å²) in [5.74, 6) is -0.653. The van der Waals surface area contributed by atoms with Gasteiger partial charge in [-0.3, -0.25) is 14.4 Å². The molecule has 0 spiro atoms. The van der Waals surface area contributed by atoms with Crippen LogP contribution in [0.25, 0.3) is 0 Å². The molecule has 1 aromatic heterocycles. The summed E-state index contributed by atoms with van der Waals surface area (Å²) in [5.41, 5.74) is 1.11. The molecule has 3 amide bonds. The number of thioether (sulfide) groups is 1. The van der Waals surface area contributed by atoms with E-state index in [0.717, 1.165) is 36.0 Å². The number of amidine groups is 1. The zero-order valence-electron chi connectivity index (χ0n) is 17.2. The third kappa shape index (κ3) is 5.34. The van der Waals surface area contributed by atoms with Crippen LogP contribution in [-0.2, 0) is 9.59 Å². The fourth-order valence-electron chi connectivity index (χ4n) is 3.53. The van der Waals surface area contributed by atoms with E-state index in [1.165, 1.54) is 11.8 Å². The summed E-state index contributed by atoms with van der Waals surface area (Å²) in [6.45, 7) is 3.79. The van der Waals surface area contributed by atoms with Crippen molar-refractivity contribution in [3.63, 3.8) is 0 Å². The van der Waals surface area contributed by atoms with Crippen LogP contribution >= 0.6 is 23.1 Å². The molecule has 0 bridgehead atoms. The monoisotopic (exact) mass is 456 g/mol. The van der Waals surface area contributed by atoms with Gasteiger partial charge in [0.2, 0.25) is 5.91 Å². The first kappa shape index (κ1) is 21.6. The van der Waals surface area contributed by atoms with Crippen LogP contribution in [0.1, 0.15) is 47.5 Å². The normalized spacial score (nSPS) is 19.3. The number of carbonyl (C=O) groups is 3. The summed E-state index contributed by atoms with van der Waals surface area (Å²) >= 11 is 2.98.